The summed E-state index contributed by atoms with van der Waals surface area (Å²) in [5.41, 5.74) is 0.473. The van der Waals surface area contributed by atoms with Gasteiger partial charge in [-0.1, -0.05) is 49.1 Å². The number of benzene rings is 1. The Morgan fingerprint density at radius 3 is 2.71 bits per heavy atom. The Hall–Kier alpha value is -2.21. The molecule has 1 aromatic carbocycles. The summed E-state index contributed by atoms with van der Waals surface area (Å²) in [7, 11) is 2.23. The molecule has 124 valence electrons. The molecular formula is C18H17ClFN2OP. The van der Waals surface area contributed by atoms with Gasteiger partial charge in [-0.2, -0.15) is 5.26 Å². The number of allylic oxidation sites excluding steroid dienone is 2. The maximum Gasteiger partial charge on any atom is 0.262 e. The largest absolute Gasteiger partial charge is 0.345 e. The molecule has 0 aliphatic heterocycles. The molecule has 6 heteroatoms. The van der Waals surface area contributed by atoms with Crippen molar-refractivity contribution in [3.05, 3.63) is 71.1 Å². The average Bonchev–Trinajstić information content (AvgIpc) is 2.56. The lowest BCUT2D eigenvalue weighted by molar-refractivity contribution is -0.117. The fourth-order valence-corrected chi connectivity index (χ4v) is 2.35. The quantitative estimate of drug-likeness (QED) is 0.363. The first-order valence-corrected chi connectivity index (χ1v) is 7.92. The number of hydrogen-bond donors (Lipinski definition) is 1. The van der Waals surface area contributed by atoms with Crippen molar-refractivity contribution in [1.29, 1.82) is 5.26 Å². The SMILES string of the molecule is C=C/C=C(\C=C)C(C)NC(=O)/C(C#N)=C/c1c(Cl)ccc(P)c1F. The van der Waals surface area contributed by atoms with Crippen molar-refractivity contribution < 1.29 is 9.18 Å². The molecule has 0 heterocycles. The zero-order valence-electron chi connectivity index (χ0n) is 13.1. The minimum Gasteiger partial charge on any atom is -0.345 e. The molecule has 0 saturated heterocycles. The second-order valence-corrected chi connectivity index (χ2v) is 5.86. The fraction of sp³-hybridized carbons (Fsp3) is 0.111. The standard InChI is InChI=1S/C18H17ClFN2OP/c1-4-6-12(5-2)11(3)22-18(23)13(10-21)9-14-15(19)7-8-16(24)17(14)20/h4-9,11H,1-2,24H2,3H3,(H,22,23)/b12-6+,13-9+. The van der Waals surface area contributed by atoms with Gasteiger partial charge in [0.2, 0.25) is 0 Å². The lowest BCUT2D eigenvalue weighted by Gasteiger charge is -2.14. The zero-order chi connectivity index (χ0) is 18.3. The van der Waals surface area contributed by atoms with Gasteiger partial charge in [0.15, 0.2) is 0 Å². The molecule has 1 rings (SSSR count). The number of carbonyl (C=O) groups is 1. The predicted molar refractivity (Wildman–Crippen MR) is 100 cm³/mol. The van der Waals surface area contributed by atoms with Gasteiger partial charge in [-0.3, -0.25) is 4.79 Å². The van der Waals surface area contributed by atoms with Crippen molar-refractivity contribution in [2.75, 3.05) is 0 Å². The number of rotatable bonds is 6. The summed E-state index contributed by atoms with van der Waals surface area (Å²) in [5.74, 6) is -1.23. The van der Waals surface area contributed by atoms with Crippen LogP contribution in [0.3, 0.4) is 0 Å². The van der Waals surface area contributed by atoms with E-state index in [9.17, 15) is 14.4 Å². The van der Waals surface area contributed by atoms with E-state index >= 15 is 0 Å². The van der Waals surface area contributed by atoms with Gasteiger partial charge in [0.05, 0.1) is 11.1 Å². The number of nitrogens with zero attached hydrogens (tertiary/aromatic N) is 1. The molecule has 0 bridgehead atoms. The van der Waals surface area contributed by atoms with Gasteiger partial charge in [0.25, 0.3) is 5.91 Å². The summed E-state index contributed by atoms with van der Waals surface area (Å²) in [6.07, 6.45) is 5.98. The highest BCUT2D eigenvalue weighted by Gasteiger charge is 2.16. The molecule has 2 atom stereocenters. The van der Waals surface area contributed by atoms with Gasteiger partial charge < -0.3 is 5.32 Å². The number of amides is 1. The van der Waals surface area contributed by atoms with Crippen molar-refractivity contribution in [3.63, 3.8) is 0 Å². The maximum atomic E-state index is 14.1. The normalized spacial score (nSPS) is 13.0. The molecule has 24 heavy (non-hydrogen) atoms. The highest BCUT2D eigenvalue weighted by molar-refractivity contribution is 7.27. The van der Waals surface area contributed by atoms with Crippen LogP contribution in [0.2, 0.25) is 5.02 Å². The Morgan fingerprint density at radius 1 is 1.50 bits per heavy atom. The van der Waals surface area contributed by atoms with Gasteiger partial charge in [-0.25, -0.2) is 4.39 Å². The van der Waals surface area contributed by atoms with Crippen LogP contribution in [0.5, 0.6) is 0 Å². The molecule has 0 spiro atoms. The van der Waals surface area contributed by atoms with Crippen LogP contribution in [0.15, 0.2) is 54.7 Å². The Bertz CT molecular complexity index is 778. The van der Waals surface area contributed by atoms with Crippen molar-refractivity contribution in [2.24, 2.45) is 0 Å². The number of nitriles is 1. The molecule has 0 saturated carbocycles. The zero-order valence-corrected chi connectivity index (χ0v) is 15.1. The summed E-state index contributed by atoms with van der Waals surface area (Å²) in [6, 6.07) is 4.37. The molecule has 0 aliphatic rings. The summed E-state index contributed by atoms with van der Waals surface area (Å²) in [5, 5.41) is 12.3. The van der Waals surface area contributed by atoms with Crippen molar-refractivity contribution in [3.8, 4) is 6.07 Å². The number of hydrogen-bond acceptors (Lipinski definition) is 2. The van der Waals surface area contributed by atoms with Crippen LogP contribution in [0.4, 0.5) is 4.39 Å². The van der Waals surface area contributed by atoms with Crippen LogP contribution in [0, 0.1) is 17.1 Å². The minimum absolute atomic E-state index is 0.00547. The Labute approximate surface area is 148 Å². The highest BCUT2D eigenvalue weighted by Crippen LogP contribution is 2.22. The molecule has 0 fully saturated rings. The first-order valence-electron chi connectivity index (χ1n) is 6.96. The summed E-state index contributed by atoms with van der Waals surface area (Å²) < 4.78 is 14.1. The van der Waals surface area contributed by atoms with Crippen LogP contribution >= 0.6 is 20.8 Å². The van der Waals surface area contributed by atoms with Crippen molar-refractivity contribution in [2.45, 2.75) is 13.0 Å². The molecule has 0 aliphatic carbocycles. The molecule has 1 aromatic rings. The van der Waals surface area contributed by atoms with Crippen LogP contribution in [-0.2, 0) is 4.79 Å². The third kappa shape index (κ3) is 4.89. The Morgan fingerprint density at radius 2 is 2.17 bits per heavy atom. The van der Waals surface area contributed by atoms with E-state index in [2.05, 4.69) is 27.7 Å². The molecule has 1 amide bonds. The maximum absolute atomic E-state index is 14.1. The van der Waals surface area contributed by atoms with Crippen LogP contribution in [0.1, 0.15) is 12.5 Å². The summed E-state index contributed by atoms with van der Waals surface area (Å²) >= 11 is 5.96. The average molecular weight is 363 g/mol. The molecule has 0 aromatic heterocycles. The second kappa shape index (κ2) is 9.17. The van der Waals surface area contributed by atoms with E-state index in [1.54, 1.807) is 31.2 Å². The van der Waals surface area contributed by atoms with E-state index in [1.807, 2.05) is 0 Å². The van der Waals surface area contributed by atoms with E-state index in [-0.39, 0.29) is 16.2 Å². The van der Waals surface area contributed by atoms with E-state index < -0.39 is 17.8 Å². The van der Waals surface area contributed by atoms with E-state index in [0.29, 0.717) is 5.30 Å². The first-order chi connectivity index (χ1) is 11.3. The molecule has 1 N–H and O–H groups in total. The molecule has 3 nitrogen and oxygen atoms in total. The number of halogens is 2. The van der Waals surface area contributed by atoms with Gasteiger partial charge in [0.1, 0.15) is 17.5 Å². The van der Waals surface area contributed by atoms with Crippen molar-refractivity contribution in [1.82, 2.24) is 5.32 Å². The highest BCUT2D eigenvalue weighted by atomic mass is 35.5. The Kier molecular flexibility index (Phi) is 7.58. The first kappa shape index (κ1) is 19.8. The lowest BCUT2D eigenvalue weighted by atomic mass is 10.1. The number of carbonyl (C=O) groups excluding carboxylic acids is 1. The van der Waals surface area contributed by atoms with Gasteiger partial charge >= 0.3 is 0 Å². The van der Waals surface area contributed by atoms with E-state index in [0.717, 1.165) is 11.6 Å². The third-order valence-corrected chi connectivity index (χ3v) is 3.98. The predicted octanol–water partition coefficient (Wildman–Crippen LogP) is 3.69. The third-order valence-electron chi connectivity index (χ3n) is 3.20. The Balaban J connectivity index is 3.15. The lowest BCUT2D eigenvalue weighted by Crippen LogP contribution is -2.34. The van der Waals surface area contributed by atoms with Gasteiger partial charge in [-0.15, -0.1) is 9.24 Å². The van der Waals surface area contributed by atoms with Gasteiger partial charge in [0, 0.05) is 10.9 Å². The minimum atomic E-state index is -0.633. The second-order valence-electron chi connectivity index (χ2n) is 4.84. The van der Waals surface area contributed by atoms with Crippen LogP contribution in [-0.4, -0.2) is 11.9 Å². The molecular weight excluding hydrogens is 346 g/mol. The summed E-state index contributed by atoms with van der Waals surface area (Å²) in [6.45, 7) is 8.98. The smallest absolute Gasteiger partial charge is 0.262 e. The van der Waals surface area contributed by atoms with Crippen molar-refractivity contribution >= 4 is 38.1 Å². The molecule has 2 unspecified atom stereocenters. The topological polar surface area (TPSA) is 52.9 Å². The number of nitrogens with one attached hydrogen (secondary N) is 1. The van der Waals surface area contributed by atoms with E-state index in [4.69, 9.17) is 11.6 Å². The van der Waals surface area contributed by atoms with Crippen LogP contribution in [0.25, 0.3) is 6.08 Å². The monoisotopic (exact) mass is 362 g/mol. The van der Waals surface area contributed by atoms with Crippen LogP contribution < -0.4 is 10.6 Å². The fourth-order valence-electron chi connectivity index (χ4n) is 1.89. The summed E-state index contributed by atoms with van der Waals surface area (Å²) in [4.78, 5) is 12.3. The molecule has 0 radical (unpaired) electrons. The van der Waals surface area contributed by atoms with Gasteiger partial charge in [-0.05, 0) is 24.6 Å². The van der Waals surface area contributed by atoms with E-state index in [1.165, 1.54) is 12.1 Å².